The fourth-order valence-electron chi connectivity index (χ4n) is 3.46. The Morgan fingerprint density at radius 1 is 1.25 bits per heavy atom. The second-order valence-corrected chi connectivity index (χ2v) is 6.91. The second kappa shape index (κ2) is 7.14. The zero-order valence-corrected chi connectivity index (χ0v) is 16.0. The van der Waals surface area contributed by atoms with E-state index in [0.29, 0.717) is 29.7 Å². The summed E-state index contributed by atoms with van der Waals surface area (Å²) in [5.41, 5.74) is -0.0562. The van der Waals surface area contributed by atoms with Crippen LogP contribution in [0.2, 0.25) is 5.02 Å². The number of nitrogens with one attached hydrogen (secondary N) is 1. The minimum atomic E-state index is -0.574. The third-order valence-electron chi connectivity index (χ3n) is 4.85. The second-order valence-electron chi connectivity index (χ2n) is 6.50. The number of imidazole rings is 1. The largest absolute Gasteiger partial charge is 0.339 e. The molecule has 144 valence electrons. The Bertz CT molecular complexity index is 1210. The van der Waals surface area contributed by atoms with Gasteiger partial charge in [0.2, 0.25) is 5.95 Å². The predicted molar refractivity (Wildman–Crippen MR) is 106 cm³/mol. The highest BCUT2D eigenvalue weighted by Crippen LogP contribution is 2.29. The summed E-state index contributed by atoms with van der Waals surface area (Å²) < 4.78 is 3.91. The molecule has 3 aromatic rings. The van der Waals surface area contributed by atoms with Crippen molar-refractivity contribution in [3.05, 3.63) is 50.1 Å². The van der Waals surface area contributed by atoms with Gasteiger partial charge in [-0.15, -0.1) is 0 Å². The molecular weight excluding hydrogens is 382 g/mol. The number of nitrogens with zero attached hydrogens (tertiary/aromatic N) is 6. The van der Waals surface area contributed by atoms with E-state index in [1.807, 2.05) is 12.1 Å². The first-order chi connectivity index (χ1) is 13.5. The summed E-state index contributed by atoms with van der Waals surface area (Å²) in [7, 11) is 1.55. The van der Waals surface area contributed by atoms with Crippen LogP contribution in [-0.4, -0.2) is 44.9 Å². The fraction of sp³-hybridized carbons (Fsp3) is 0.333. The summed E-state index contributed by atoms with van der Waals surface area (Å²) in [6.07, 6.45) is 0. The SMILES string of the molecule is Cn1c(=O)n(CC#N)c(=O)c2c1nc(N1CCNCC1)n2-c1ccccc1Cl. The Hall–Kier alpha value is -3.09. The van der Waals surface area contributed by atoms with E-state index >= 15 is 0 Å². The number of benzene rings is 1. The molecule has 0 radical (unpaired) electrons. The highest BCUT2D eigenvalue weighted by molar-refractivity contribution is 6.32. The number of hydrogen-bond acceptors (Lipinski definition) is 6. The molecule has 9 nitrogen and oxygen atoms in total. The monoisotopic (exact) mass is 399 g/mol. The molecule has 0 amide bonds. The summed E-state index contributed by atoms with van der Waals surface area (Å²) in [6.45, 7) is 2.63. The molecule has 1 aliphatic heterocycles. The predicted octanol–water partition coefficient (Wildman–Crippen LogP) is 0.472. The van der Waals surface area contributed by atoms with Gasteiger partial charge in [0.15, 0.2) is 11.2 Å². The molecule has 0 aliphatic carbocycles. The van der Waals surface area contributed by atoms with E-state index < -0.39 is 11.2 Å². The van der Waals surface area contributed by atoms with Gasteiger partial charge in [0.1, 0.15) is 6.54 Å². The van der Waals surface area contributed by atoms with Gasteiger partial charge >= 0.3 is 5.69 Å². The minimum absolute atomic E-state index is 0.221. The average molecular weight is 400 g/mol. The van der Waals surface area contributed by atoms with Gasteiger partial charge in [-0.3, -0.25) is 13.9 Å². The molecule has 1 fully saturated rings. The van der Waals surface area contributed by atoms with Crippen LogP contribution in [0, 0.1) is 11.3 Å². The van der Waals surface area contributed by atoms with Crippen molar-refractivity contribution < 1.29 is 0 Å². The van der Waals surface area contributed by atoms with Crippen LogP contribution in [0.15, 0.2) is 33.9 Å². The van der Waals surface area contributed by atoms with E-state index in [4.69, 9.17) is 16.9 Å². The maximum Gasteiger partial charge on any atom is 0.333 e. The topological polar surface area (TPSA) is 101 Å². The van der Waals surface area contributed by atoms with Crippen LogP contribution in [0.5, 0.6) is 0 Å². The Morgan fingerprint density at radius 2 is 1.96 bits per heavy atom. The van der Waals surface area contributed by atoms with Crippen molar-refractivity contribution in [1.82, 2.24) is 24.0 Å². The third-order valence-corrected chi connectivity index (χ3v) is 5.17. The van der Waals surface area contributed by atoms with E-state index in [1.165, 1.54) is 4.57 Å². The maximum atomic E-state index is 13.2. The molecule has 3 heterocycles. The number of hydrogen-bond donors (Lipinski definition) is 1. The molecule has 0 saturated carbocycles. The molecule has 0 unspecified atom stereocenters. The normalized spacial score (nSPS) is 14.4. The van der Waals surface area contributed by atoms with Crippen molar-refractivity contribution in [3.63, 3.8) is 0 Å². The number of aryl methyl sites for hydroxylation is 1. The molecule has 28 heavy (non-hydrogen) atoms. The first kappa shape index (κ1) is 18.3. The number of halogens is 1. The summed E-state index contributed by atoms with van der Waals surface area (Å²) in [6, 6.07) is 9.04. The van der Waals surface area contributed by atoms with Gasteiger partial charge in [0.25, 0.3) is 5.56 Å². The van der Waals surface area contributed by atoms with E-state index in [9.17, 15) is 9.59 Å². The van der Waals surface area contributed by atoms with Crippen LogP contribution in [-0.2, 0) is 13.6 Å². The zero-order chi connectivity index (χ0) is 19.8. The summed E-state index contributed by atoms with van der Waals surface area (Å²) in [5.74, 6) is 0.548. The van der Waals surface area contributed by atoms with Crippen molar-refractivity contribution in [2.24, 2.45) is 7.05 Å². The van der Waals surface area contributed by atoms with E-state index in [0.717, 1.165) is 17.7 Å². The molecule has 1 aromatic carbocycles. The van der Waals surface area contributed by atoms with Gasteiger partial charge in [-0.05, 0) is 12.1 Å². The number of nitriles is 1. The van der Waals surface area contributed by atoms with Crippen LogP contribution in [0.1, 0.15) is 0 Å². The molecule has 1 N–H and O–H groups in total. The molecule has 1 saturated heterocycles. The van der Waals surface area contributed by atoms with Gasteiger partial charge < -0.3 is 10.2 Å². The summed E-state index contributed by atoms with van der Waals surface area (Å²) >= 11 is 6.44. The first-order valence-electron chi connectivity index (χ1n) is 8.84. The van der Waals surface area contributed by atoms with Crippen molar-refractivity contribution in [2.75, 3.05) is 31.1 Å². The van der Waals surface area contributed by atoms with Gasteiger partial charge in [-0.2, -0.15) is 10.2 Å². The number of fused-ring (bicyclic) bond motifs is 1. The number of aromatic nitrogens is 4. The Kier molecular flexibility index (Phi) is 4.66. The van der Waals surface area contributed by atoms with Gasteiger partial charge in [0.05, 0.1) is 16.8 Å². The number of anilines is 1. The van der Waals surface area contributed by atoms with Crippen LogP contribution in [0.25, 0.3) is 16.9 Å². The van der Waals surface area contributed by atoms with E-state index in [1.54, 1.807) is 29.8 Å². The lowest BCUT2D eigenvalue weighted by molar-refractivity contribution is 0.578. The lowest BCUT2D eigenvalue weighted by atomic mass is 10.3. The minimum Gasteiger partial charge on any atom is -0.339 e. The number of para-hydroxylation sites is 1. The quantitative estimate of drug-likeness (QED) is 0.687. The van der Waals surface area contributed by atoms with Crippen molar-refractivity contribution in [3.8, 4) is 11.8 Å². The Balaban J connectivity index is 2.14. The fourth-order valence-corrected chi connectivity index (χ4v) is 3.68. The van der Waals surface area contributed by atoms with Crippen LogP contribution < -0.4 is 21.5 Å². The Morgan fingerprint density at radius 3 is 2.64 bits per heavy atom. The first-order valence-corrected chi connectivity index (χ1v) is 9.22. The highest BCUT2D eigenvalue weighted by atomic mass is 35.5. The van der Waals surface area contributed by atoms with Gasteiger partial charge in [-0.1, -0.05) is 23.7 Å². The highest BCUT2D eigenvalue weighted by Gasteiger charge is 2.26. The van der Waals surface area contributed by atoms with E-state index in [-0.39, 0.29) is 17.7 Å². The molecule has 0 spiro atoms. The standard InChI is InChI=1S/C18H18ClN7O2/c1-23-15-14(16(27)25(9-6-20)18(23)28)26(13-5-3-2-4-12(13)19)17(22-15)24-10-7-21-8-11-24/h2-5,21H,7-11H2,1H3. The molecule has 1 aliphatic rings. The number of rotatable bonds is 3. The van der Waals surface area contributed by atoms with Crippen LogP contribution in [0.4, 0.5) is 5.95 Å². The lowest BCUT2D eigenvalue weighted by Crippen LogP contribution is -2.44. The summed E-state index contributed by atoms with van der Waals surface area (Å²) in [4.78, 5) is 32.4. The van der Waals surface area contributed by atoms with Crippen LogP contribution >= 0.6 is 11.6 Å². The maximum absolute atomic E-state index is 13.2. The third kappa shape index (κ3) is 2.78. The van der Waals surface area contributed by atoms with Gasteiger partial charge in [-0.25, -0.2) is 9.36 Å². The average Bonchev–Trinajstić information content (AvgIpc) is 3.11. The molecule has 0 atom stereocenters. The molecule has 10 heteroatoms. The molecule has 2 aromatic heterocycles. The molecular formula is C18H18ClN7O2. The molecule has 4 rings (SSSR count). The smallest absolute Gasteiger partial charge is 0.333 e. The lowest BCUT2D eigenvalue weighted by Gasteiger charge is -2.28. The van der Waals surface area contributed by atoms with Crippen LogP contribution in [0.3, 0.4) is 0 Å². The molecule has 0 bridgehead atoms. The Labute approximate surface area is 165 Å². The van der Waals surface area contributed by atoms with Crippen molar-refractivity contribution in [1.29, 1.82) is 5.26 Å². The number of piperazine rings is 1. The van der Waals surface area contributed by atoms with Gasteiger partial charge in [0, 0.05) is 33.2 Å². The van der Waals surface area contributed by atoms with Crippen molar-refractivity contribution >= 4 is 28.7 Å². The van der Waals surface area contributed by atoms with Crippen molar-refractivity contribution in [2.45, 2.75) is 6.54 Å². The zero-order valence-electron chi connectivity index (χ0n) is 15.2. The van der Waals surface area contributed by atoms with E-state index in [2.05, 4.69) is 15.2 Å². The summed E-state index contributed by atoms with van der Waals surface area (Å²) in [5, 5.41) is 12.8.